The number of carbonyl (C=O) groups excluding carboxylic acids is 1. The van der Waals surface area contributed by atoms with Crippen molar-refractivity contribution in [3.8, 4) is 17.1 Å². The van der Waals surface area contributed by atoms with Crippen molar-refractivity contribution < 1.29 is 14.3 Å². The van der Waals surface area contributed by atoms with Crippen molar-refractivity contribution >= 4 is 28.7 Å². The van der Waals surface area contributed by atoms with Crippen molar-refractivity contribution in [1.29, 1.82) is 0 Å². The Kier molecular flexibility index (Phi) is 8.75. The minimum atomic E-state index is -0.428. The molecule has 1 aliphatic carbocycles. The molecular weight excluding hydrogens is 522 g/mol. The summed E-state index contributed by atoms with van der Waals surface area (Å²) in [6, 6.07) is 20.0. The van der Waals surface area contributed by atoms with E-state index in [1.165, 1.54) is 0 Å². The van der Waals surface area contributed by atoms with E-state index in [2.05, 4.69) is 17.1 Å². The summed E-state index contributed by atoms with van der Waals surface area (Å²) in [5, 5.41) is 0.650. The number of nitrogens with one attached hydrogen (secondary N) is 1. The van der Waals surface area contributed by atoms with E-state index in [4.69, 9.17) is 31.0 Å². The molecule has 0 saturated heterocycles. The molecule has 2 atom stereocenters. The summed E-state index contributed by atoms with van der Waals surface area (Å²) in [6.45, 7) is 6.25. The van der Waals surface area contributed by atoms with Crippen molar-refractivity contribution in [2.24, 2.45) is 5.92 Å². The highest BCUT2D eigenvalue weighted by Gasteiger charge is 2.24. The van der Waals surface area contributed by atoms with Gasteiger partial charge in [0.2, 0.25) is 0 Å². The van der Waals surface area contributed by atoms with Crippen molar-refractivity contribution in [3.63, 3.8) is 0 Å². The molecule has 0 aliphatic heterocycles. The molecule has 2 unspecified atom stereocenters. The molecule has 1 fully saturated rings. The van der Waals surface area contributed by atoms with E-state index in [0.717, 1.165) is 72.4 Å². The average Bonchev–Trinajstić information content (AvgIpc) is 3.22. The number of fused-ring (bicyclic) bond motifs is 1. The molecule has 1 saturated carbocycles. The van der Waals surface area contributed by atoms with Crippen LogP contribution in [0.2, 0.25) is 5.02 Å². The molecule has 1 N–H and O–H groups in total. The Hall–Kier alpha value is -3.38. The number of hydrogen-bond acceptors (Lipinski definition) is 5. The molecule has 4 aromatic rings. The van der Waals surface area contributed by atoms with E-state index in [-0.39, 0.29) is 5.97 Å². The second-order valence-electron chi connectivity index (χ2n) is 11.8. The molecule has 6 nitrogen and oxygen atoms in total. The van der Waals surface area contributed by atoms with Crippen LogP contribution in [-0.4, -0.2) is 26.5 Å². The van der Waals surface area contributed by atoms with Gasteiger partial charge in [-0.25, -0.2) is 9.97 Å². The fourth-order valence-electron chi connectivity index (χ4n) is 5.43. The summed E-state index contributed by atoms with van der Waals surface area (Å²) in [7, 11) is 0. The van der Waals surface area contributed by atoms with Crippen LogP contribution in [0.3, 0.4) is 0 Å². The van der Waals surface area contributed by atoms with E-state index < -0.39 is 5.60 Å². The molecule has 2 aromatic carbocycles. The lowest BCUT2D eigenvalue weighted by molar-refractivity contribution is -0.155. The maximum Gasteiger partial charge on any atom is 0.306 e. The maximum absolute atomic E-state index is 12.2. The van der Waals surface area contributed by atoms with Crippen LogP contribution in [-0.2, 0) is 16.1 Å². The van der Waals surface area contributed by atoms with E-state index in [9.17, 15) is 4.79 Å². The van der Waals surface area contributed by atoms with Crippen LogP contribution >= 0.6 is 11.6 Å². The largest absolute Gasteiger partial charge is 0.489 e. The van der Waals surface area contributed by atoms with Gasteiger partial charge in [0.25, 0.3) is 0 Å². The number of halogens is 1. The Bertz CT molecular complexity index is 1430. The fraction of sp³-hybridized carbons (Fsp3) is 0.424. The molecule has 7 heteroatoms. The normalized spacial score (nSPS) is 17.9. The Morgan fingerprint density at radius 2 is 1.77 bits per heavy atom. The van der Waals surface area contributed by atoms with Crippen molar-refractivity contribution in [1.82, 2.24) is 15.0 Å². The first-order valence-corrected chi connectivity index (χ1v) is 14.7. The number of carbonyl (C=O) groups is 1. The van der Waals surface area contributed by atoms with Gasteiger partial charge in [-0.1, -0.05) is 66.9 Å². The van der Waals surface area contributed by atoms with Gasteiger partial charge in [0.05, 0.1) is 5.02 Å². The van der Waals surface area contributed by atoms with Crippen LogP contribution in [0, 0.1) is 5.92 Å². The van der Waals surface area contributed by atoms with Gasteiger partial charge in [-0.05, 0) is 76.1 Å². The lowest BCUT2D eigenvalue weighted by Crippen LogP contribution is -2.24. The molecule has 0 bridgehead atoms. The SMILES string of the molecule is CC(C)(C)OC(=O)CCC1CCCC(c2cc(Cl)c3[nH]c(-c4ccc(COc5ccccc5)cc4)nc3n2)CC1. The summed E-state index contributed by atoms with van der Waals surface area (Å²) < 4.78 is 11.4. The monoisotopic (exact) mass is 559 g/mol. The van der Waals surface area contributed by atoms with E-state index >= 15 is 0 Å². The second-order valence-corrected chi connectivity index (χ2v) is 12.2. The zero-order chi connectivity index (χ0) is 28.1. The first-order chi connectivity index (χ1) is 19.2. The van der Waals surface area contributed by atoms with Gasteiger partial charge < -0.3 is 14.5 Å². The summed E-state index contributed by atoms with van der Waals surface area (Å²) in [5.74, 6) is 2.38. The summed E-state index contributed by atoms with van der Waals surface area (Å²) >= 11 is 6.73. The predicted octanol–water partition coefficient (Wildman–Crippen LogP) is 8.64. The molecular formula is C33H38ClN3O3. The van der Waals surface area contributed by atoms with Crippen LogP contribution in [0.1, 0.15) is 82.9 Å². The minimum Gasteiger partial charge on any atom is -0.489 e. The second kappa shape index (κ2) is 12.4. The molecule has 2 heterocycles. The molecule has 40 heavy (non-hydrogen) atoms. The first-order valence-electron chi connectivity index (χ1n) is 14.3. The minimum absolute atomic E-state index is 0.100. The number of H-pyrrole nitrogens is 1. The van der Waals surface area contributed by atoms with Gasteiger partial charge in [0, 0.05) is 23.6 Å². The van der Waals surface area contributed by atoms with E-state index in [1.807, 2.05) is 69.3 Å². The zero-order valence-electron chi connectivity index (χ0n) is 23.6. The van der Waals surface area contributed by atoms with Gasteiger partial charge in [0.15, 0.2) is 5.65 Å². The van der Waals surface area contributed by atoms with E-state index in [1.54, 1.807) is 0 Å². The molecule has 2 aromatic heterocycles. The van der Waals surface area contributed by atoms with Crippen LogP contribution in [0.5, 0.6) is 5.75 Å². The third-order valence-corrected chi connectivity index (χ3v) is 7.79. The number of aromatic amines is 1. The number of aromatic nitrogens is 3. The standard InChI is InChI=1S/C33H38ClN3O3/c1-33(2,3)40-29(38)19-15-22-8-7-9-24(16-12-22)28-20-27(34)30-32(35-28)37-31(36-30)25-17-13-23(14-18-25)21-39-26-10-5-4-6-11-26/h4-6,10-11,13-14,17-18,20,22,24H,7-9,12,15-16,19,21H2,1-3H3,(H,35,36,37). The Morgan fingerprint density at radius 1 is 1.00 bits per heavy atom. The Labute approximate surface area is 241 Å². The number of rotatable bonds is 8. The smallest absolute Gasteiger partial charge is 0.306 e. The Morgan fingerprint density at radius 3 is 2.52 bits per heavy atom. The predicted molar refractivity (Wildman–Crippen MR) is 160 cm³/mol. The van der Waals surface area contributed by atoms with Crippen molar-refractivity contribution in [2.45, 2.75) is 83.8 Å². The number of benzene rings is 2. The molecule has 5 rings (SSSR count). The van der Waals surface area contributed by atoms with Gasteiger partial charge in [0.1, 0.15) is 29.3 Å². The van der Waals surface area contributed by atoms with Crippen molar-refractivity contribution in [3.05, 3.63) is 76.9 Å². The van der Waals surface area contributed by atoms with Crippen LogP contribution in [0.15, 0.2) is 60.7 Å². The third-order valence-electron chi connectivity index (χ3n) is 7.49. The van der Waals surface area contributed by atoms with Crippen LogP contribution in [0.4, 0.5) is 0 Å². The summed E-state index contributed by atoms with van der Waals surface area (Å²) in [4.78, 5) is 25.3. The maximum atomic E-state index is 12.2. The van der Waals surface area contributed by atoms with E-state index in [0.29, 0.717) is 35.5 Å². The van der Waals surface area contributed by atoms with Crippen molar-refractivity contribution in [2.75, 3.05) is 0 Å². The number of para-hydroxylation sites is 1. The topological polar surface area (TPSA) is 77.1 Å². The molecule has 0 amide bonds. The summed E-state index contributed by atoms with van der Waals surface area (Å²) in [6.07, 6.45) is 6.81. The van der Waals surface area contributed by atoms with Crippen LogP contribution in [0.25, 0.3) is 22.6 Å². The molecule has 1 aliphatic rings. The number of ether oxygens (including phenoxy) is 2. The average molecular weight is 560 g/mol. The molecule has 0 radical (unpaired) electrons. The Balaban J connectivity index is 1.22. The fourth-order valence-corrected chi connectivity index (χ4v) is 5.68. The number of hydrogen-bond donors (Lipinski definition) is 1. The van der Waals surface area contributed by atoms with Gasteiger partial charge >= 0.3 is 5.97 Å². The number of pyridine rings is 1. The van der Waals surface area contributed by atoms with Crippen LogP contribution < -0.4 is 4.74 Å². The van der Waals surface area contributed by atoms with Gasteiger partial charge in [-0.15, -0.1) is 0 Å². The lowest BCUT2D eigenvalue weighted by Gasteiger charge is -2.20. The number of imidazole rings is 1. The highest BCUT2D eigenvalue weighted by molar-refractivity contribution is 6.34. The first kappa shape index (κ1) is 28.2. The number of nitrogens with zero attached hydrogens (tertiary/aromatic N) is 2. The van der Waals surface area contributed by atoms with Gasteiger partial charge in [-0.2, -0.15) is 0 Å². The third kappa shape index (κ3) is 7.42. The quantitative estimate of drug-likeness (QED) is 0.173. The zero-order valence-corrected chi connectivity index (χ0v) is 24.3. The lowest BCUT2D eigenvalue weighted by atomic mass is 9.93. The molecule has 210 valence electrons. The van der Waals surface area contributed by atoms with Gasteiger partial charge in [-0.3, -0.25) is 4.79 Å². The number of esters is 1. The highest BCUT2D eigenvalue weighted by Crippen LogP contribution is 2.37. The molecule has 0 spiro atoms. The highest BCUT2D eigenvalue weighted by atomic mass is 35.5. The summed E-state index contributed by atoms with van der Waals surface area (Å²) in [5.41, 5.74) is 4.06.